The van der Waals surface area contributed by atoms with E-state index in [1.165, 1.54) is 34.8 Å². The number of aliphatic imine (C=N–C) groups is 2. The Hall–Kier alpha value is -10.3. The summed E-state index contributed by atoms with van der Waals surface area (Å²) < 4.78 is 38.2. The van der Waals surface area contributed by atoms with E-state index in [0.29, 0.717) is 61.5 Å². The third-order valence-electron chi connectivity index (χ3n) is 12.9. The molecule has 0 unspecified atom stereocenters. The zero-order valence-corrected chi connectivity index (χ0v) is 45.7. The number of ether oxygens (including phenoxy) is 6. The maximum atomic E-state index is 15.5. The minimum absolute atomic E-state index is 0.0146. The summed E-state index contributed by atoms with van der Waals surface area (Å²) in [6.07, 6.45) is 0. The molecule has 0 amide bonds. The average molecular weight is 1150 g/mol. The Balaban J connectivity index is 1.17. The zero-order chi connectivity index (χ0) is 56.8. The van der Waals surface area contributed by atoms with Crippen LogP contribution in [0.1, 0.15) is 33.4 Å². The first-order chi connectivity index (χ1) is 40.0. The summed E-state index contributed by atoms with van der Waals surface area (Å²) in [7, 11) is 0. The predicted octanol–water partition coefficient (Wildman–Crippen LogP) is 13.0. The van der Waals surface area contributed by atoms with Crippen molar-refractivity contribution >= 4 is 90.6 Å². The topological polar surface area (TPSA) is 244 Å². The number of nitrogens with zero attached hydrogens (tertiary/aromatic N) is 6. The van der Waals surface area contributed by atoms with E-state index in [9.17, 15) is 21.0 Å². The molecule has 0 fully saturated rings. The standard InChI is InChI=1S/C62H36N6O10S4/c63-29-41(30-64)67-53-23-21-49(79-53)51-27-47-55(81-51)43-26-46-44(25-45(43)61(77-47,57(69)73-33-37-13-5-1-6-14-37)58(70)74-34-38-15-7-2-8-16-38)56-48(28-52(82-56)50-22-24-54(80-50)68-42(31-65)32-66)78-62(46,59(71)75-35-39-17-9-3-10-18-39)60(72)76-36-40-19-11-4-12-20-40/h1-28H,33-36H2. The van der Waals surface area contributed by atoms with Gasteiger partial charge in [0.05, 0.1) is 9.75 Å². The Morgan fingerprint density at radius 2 is 0.707 bits per heavy atom. The van der Waals surface area contributed by atoms with Gasteiger partial charge in [0.25, 0.3) is 0 Å². The Morgan fingerprint density at radius 3 is 1.00 bits per heavy atom. The first kappa shape index (κ1) is 53.7. The third kappa shape index (κ3) is 10.4. The van der Waals surface area contributed by atoms with E-state index in [4.69, 9.17) is 28.4 Å². The van der Waals surface area contributed by atoms with Crippen LogP contribution < -0.4 is 9.47 Å². The van der Waals surface area contributed by atoms with Gasteiger partial charge in [-0.05, 0) is 58.7 Å². The second-order valence-corrected chi connectivity index (χ2v) is 22.2. The van der Waals surface area contributed by atoms with Crippen molar-refractivity contribution in [1.29, 1.82) is 21.0 Å². The van der Waals surface area contributed by atoms with Crippen LogP contribution in [0.5, 0.6) is 11.5 Å². The molecular formula is C62H36N6O10S4. The fourth-order valence-corrected chi connectivity index (χ4v) is 13.2. The van der Waals surface area contributed by atoms with Crippen LogP contribution in [-0.2, 0) is 75.8 Å². The van der Waals surface area contributed by atoms with E-state index in [1.807, 2.05) is 0 Å². The zero-order valence-electron chi connectivity index (χ0n) is 42.4. The largest absolute Gasteiger partial charge is 0.458 e. The summed E-state index contributed by atoms with van der Waals surface area (Å²) in [6, 6.07) is 55.4. The predicted molar refractivity (Wildman–Crippen MR) is 306 cm³/mol. The van der Waals surface area contributed by atoms with Crippen LogP contribution in [0.3, 0.4) is 0 Å². The quantitative estimate of drug-likeness (QED) is 0.0378. The molecule has 0 saturated carbocycles. The van der Waals surface area contributed by atoms with Crippen LogP contribution in [0.25, 0.3) is 40.4 Å². The SMILES string of the molecule is N#CC(C#N)=Nc1ccc(-c2cc3c(s2)-c2cc4c(cc2C(C(=O)OCc2ccccc2)(C(=O)OCc2ccccc2)O3)-c2sc(-c3ccc(N=C(C#N)C#N)s3)cc2OC4(C(=O)OCc2ccccc2)C(=O)OCc2ccccc2)s1. The fraction of sp³-hybridized carbons (Fsp3) is 0.0968. The van der Waals surface area contributed by atoms with Gasteiger partial charge >= 0.3 is 35.1 Å². The van der Waals surface area contributed by atoms with Crippen molar-refractivity contribution in [1.82, 2.24) is 0 Å². The molecule has 398 valence electrons. The minimum atomic E-state index is -2.75. The summed E-state index contributed by atoms with van der Waals surface area (Å²) in [5, 5.41) is 38.6. The Morgan fingerprint density at radius 1 is 0.402 bits per heavy atom. The van der Waals surface area contributed by atoms with E-state index in [0.717, 1.165) is 22.7 Å². The Labute approximate surface area is 483 Å². The molecule has 9 aromatic rings. The van der Waals surface area contributed by atoms with Crippen LogP contribution in [0.4, 0.5) is 10.0 Å². The second kappa shape index (κ2) is 23.2. The van der Waals surface area contributed by atoms with Gasteiger partial charge in [0, 0.05) is 53.9 Å². The van der Waals surface area contributed by atoms with Gasteiger partial charge in [-0.25, -0.2) is 29.2 Å². The van der Waals surface area contributed by atoms with Gasteiger partial charge in [-0.2, -0.15) is 21.0 Å². The molecule has 0 atom stereocenters. The Kier molecular flexibility index (Phi) is 15.2. The third-order valence-corrected chi connectivity index (χ3v) is 17.5. The van der Waals surface area contributed by atoms with Gasteiger partial charge in [0.1, 0.15) is 72.2 Å². The highest BCUT2D eigenvalue weighted by molar-refractivity contribution is 7.26. The molecule has 0 spiro atoms. The van der Waals surface area contributed by atoms with Crippen LogP contribution in [-0.4, -0.2) is 35.3 Å². The first-order valence-corrected chi connectivity index (χ1v) is 28.0. The van der Waals surface area contributed by atoms with Crippen molar-refractivity contribution in [2.45, 2.75) is 37.6 Å². The number of rotatable bonds is 16. The number of nitriles is 4. The molecule has 4 aromatic heterocycles. The van der Waals surface area contributed by atoms with Gasteiger partial charge < -0.3 is 28.4 Å². The van der Waals surface area contributed by atoms with E-state index < -0.39 is 35.1 Å². The normalized spacial score (nSPS) is 12.6. The molecule has 16 nitrogen and oxygen atoms in total. The lowest BCUT2D eigenvalue weighted by atomic mass is 9.78. The summed E-state index contributed by atoms with van der Waals surface area (Å²) >= 11 is 4.68. The van der Waals surface area contributed by atoms with Crippen molar-refractivity contribution in [2.75, 3.05) is 0 Å². The van der Waals surface area contributed by atoms with Gasteiger partial charge in [-0.1, -0.05) is 121 Å². The highest BCUT2D eigenvalue weighted by atomic mass is 32.1. The summed E-state index contributed by atoms with van der Waals surface area (Å²) in [5.74, 6) is -4.59. The summed E-state index contributed by atoms with van der Waals surface area (Å²) in [4.78, 5) is 73.5. The highest BCUT2D eigenvalue weighted by Crippen LogP contribution is 2.59. The molecule has 0 N–H and O–H groups in total. The van der Waals surface area contributed by atoms with E-state index in [1.54, 1.807) is 182 Å². The van der Waals surface area contributed by atoms with Crippen LogP contribution in [0, 0.1) is 45.3 Å². The van der Waals surface area contributed by atoms with Gasteiger partial charge in [0.2, 0.25) is 11.4 Å². The fourth-order valence-electron chi connectivity index (χ4n) is 9.00. The monoisotopic (exact) mass is 1150 g/mol. The number of hydrogen-bond donors (Lipinski definition) is 0. The maximum Gasteiger partial charge on any atom is 0.367 e. The van der Waals surface area contributed by atoms with Crippen LogP contribution in [0.2, 0.25) is 0 Å². The lowest BCUT2D eigenvalue weighted by molar-refractivity contribution is -0.185. The maximum absolute atomic E-state index is 15.5. The second-order valence-electron chi connectivity index (χ2n) is 18.0. The number of hydrogen-bond acceptors (Lipinski definition) is 20. The lowest BCUT2D eigenvalue weighted by Crippen LogP contribution is -2.54. The Bertz CT molecular complexity index is 3800. The lowest BCUT2D eigenvalue weighted by Gasteiger charge is -2.39. The number of carbonyl (C=O) groups is 4. The van der Waals surface area contributed by atoms with Gasteiger partial charge in [-0.3, -0.25) is 0 Å². The molecule has 82 heavy (non-hydrogen) atoms. The average Bonchev–Trinajstić information content (AvgIpc) is 1.42. The molecule has 6 heterocycles. The molecule has 2 aliphatic heterocycles. The van der Waals surface area contributed by atoms with E-state index in [2.05, 4.69) is 9.98 Å². The molecule has 2 aliphatic rings. The molecule has 0 radical (unpaired) electrons. The highest BCUT2D eigenvalue weighted by Gasteiger charge is 2.62. The van der Waals surface area contributed by atoms with E-state index in [-0.39, 0.29) is 71.6 Å². The number of carbonyl (C=O) groups excluding carboxylic acids is 4. The summed E-state index contributed by atoms with van der Waals surface area (Å²) in [5.41, 5.74) is -3.71. The molecule has 0 aliphatic carbocycles. The van der Waals surface area contributed by atoms with Crippen molar-refractivity contribution in [3.8, 4) is 76.2 Å². The van der Waals surface area contributed by atoms with Crippen molar-refractivity contribution in [2.24, 2.45) is 9.98 Å². The van der Waals surface area contributed by atoms with Crippen LogP contribution >= 0.6 is 45.3 Å². The smallest absolute Gasteiger partial charge is 0.367 e. The molecule has 5 aromatic carbocycles. The van der Waals surface area contributed by atoms with E-state index >= 15 is 19.2 Å². The van der Waals surface area contributed by atoms with Gasteiger partial charge in [-0.15, -0.1) is 45.3 Å². The van der Waals surface area contributed by atoms with Crippen molar-refractivity contribution < 1.29 is 47.6 Å². The van der Waals surface area contributed by atoms with Crippen molar-refractivity contribution in [3.63, 3.8) is 0 Å². The molecule has 20 heteroatoms. The molecule has 0 saturated heterocycles. The molecule has 0 bridgehead atoms. The first-order valence-electron chi connectivity index (χ1n) is 24.7. The number of esters is 4. The minimum Gasteiger partial charge on any atom is -0.458 e. The van der Waals surface area contributed by atoms with Crippen LogP contribution in [0.15, 0.2) is 180 Å². The molecular weight excluding hydrogens is 1120 g/mol. The number of thiophene rings is 4. The number of fused-ring (bicyclic) bond motifs is 6. The van der Waals surface area contributed by atoms with Crippen molar-refractivity contribution in [3.05, 3.63) is 203 Å². The molecule has 11 rings (SSSR count). The summed E-state index contributed by atoms with van der Waals surface area (Å²) in [6.45, 7) is -1.18. The van der Waals surface area contributed by atoms with Gasteiger partial charge in [0.15, 0.2) is 0 Å². The number of benzene rings is 5.